The minimum atomic E-state index is -2.79. The van der Waals surface area contributed by atoms with Crippen LogP contribution in [0.2, 0.25) is 0 Å². The van der Waals surface area contributed by atoms with E-state index < -0.39 is 43.0 Å². The lowest BCUT2D eigenvalue weighted by molar-refractivity contribution is -0.127. The topological polar surface area (TPSA) is 123 Å². The number of para-hydroxylation sites is 1. The summed E-state index contributed by atoms with van der Waals surface area (Å²) in [5.41, 5.74) is 0.296. The lowest BCUT2D eigenvalue weighted by Crippen LogP contribution is -2.53. The van der Waals surface area contributed by atoms with Gasteiger partial charge >= 0.3 is 13.1 Å². The Balaban J connectivity index is 1.35. The summed E-state index contributed by atoms with van der Waals surface area (Å²) < 4.78 is 33.0. The number of nitrogens with one attached hydrogen (secondary N) is 2. The molecule has 2 atom stereocenters. The third kappa shape index (κ3) is 6.81. The predicted molar refractivity (Wildman–Crippen MR) is 145 cm³/mol. The second-order valence-corrected chi connectivity index (χ2v) is 11.0. The fourth-order valence-corrected chi connectivity index (χ4v) is 5.35. The number of hydrogen-bond donors (Lipinski definition) is 4. The van der Waals surface area contributed by atoms with Gasteiger partial charge in [-0.15, -0.1) is 0 Å². The predicted octanol–water partition coefficient (Wildman–Crippen LogP) is 2.57. The first kappa shape index (κ1) is 29.5. The highest BCUT2D eigenvalue weighted by Gasteiger charge is 2.43. The molecule has 0 bridgehead atoms. The van der Waals surface area contributed by atoms with Crippen LogP contribution in [-0.2, 0) is 11.2 Å². The molecular weight excluding hydrogens is 523 g/mol. The number of likely N-dealkylation sites (tertiary alicyclic amines) is 2. The van der Waals surface area contributed by atoms with Crippen molar-refractivity contribution in [3.8, 4) is 0 Å². The lowest BCUT2D eigenvalue weighted by Gasteiger charge is -2.33. The minimum Gasteiger partial charge on any atom is -0.464 e. The SMILES string of the molecule is [C-]#[N+]C(=CC(C)(C)N1CCC(F)(F)C1)C(=O)N1CCC[C@@H]1CNC(=O)N[C@@H](Cc1coc2ccccc12)B(O)O. The van der Waals surface area contributed by atoms with E-state index >= 15 is 0 Å². The van der Waals surface area contributed by atoms with Crippen LogP contribution in [0.1, 0.15) is 38.7 Å². The standard InChI is InChI=1S/C27H34BF2N5O5/c1-26(2,34-12-10-27(29,30)17-34)14-21(31-3)24(36)35-11-6-7-19(35)15-32-25(37)33-23(28(38)39)13-18-16-40-22-9-5-4-8-20(18)22/h4-5,8-9,14,16,19,23,38-39H,6-7,10-13,15,17H2,1-2H3,(H2,32,33,37)/t19-,23+/m1/s1. The first-order valence-electron chi connectivity index (χ1n) is 13.3. The zero-order chi connectivity index (χ0) is 29.1. The van der Waals surface area contributed by atoms with Crippen molar-refractivity contribution in [3.05, 3.63) is 59.3 Å². The van der Waals surface area contributed by atoms with Gasteiger partial charge < -0.3 is 30.0 Å². The van der Waals surface area contributed by atoms with Gasteiger partial charge in [0, 0.05) is 43.0 Å². The molecule has 13 heteroatoms. The van der Waals surface area contributed by atoms with Crippen LogP contribution in [0.3, 0.4) is 0 Å². The van der Waals surface area contributed by atoms with Crippen molar-refractivity contribution in [2.75, 3.05) is 26.2 Å². The highest BCUT2D eigenvalue weighted by Crippen LogP contribution is 2.33. The first-order chi connectivity index (χ1) is 18.9. The molecule has 0 aliphatic carbocycles. The molecule has 0 saturated carbocycles. The Hall–Kier alpha value is -3.47. The average Bonchev–Trinajstić information content (AvgIpc) is 3.64. The smallest absolute Gasteiger partial charge is 0.464 e. The van der Waals surface area contributed by atoms with Crippen LogP contribution in [0, 0.1) is 6.57 Å². The minimum absolute atomic E-state index is 0.0908. The van der Waals surface area contributed by atoms with Crippen molar-refractivity contribution in [1.29, 1.82) is 0 Å². The van der Waals surface area contributed by atoms with E-state index in [0.29, 0.717) is 30.5 Å². The van der Waals surface area contributed by atoms with E-state index in [1.54, 1.807) is 24.8 Å². The van der Waals surface area contributed by atoms with E-state index in [2.05, 4.69) is 15.5 Å². The molecule has 0 unspecified atom stereocenters. The van der Waals surface area contributed by atoms with Gasteiger partial charge in [0.1, 0.15) is 5.58 Å². The molecule has 214 valence electrons. The van der Waals surface area contributed by atoms with Crippen LogP contribution in [-0.4, -0.2) is 88.5 Å². The summed E-state index contributed by atoms with van der Waals surface area (Å²) >= 11 is 0. The van der Waals surface area contributed by atoms with Crippen LogP contribution >= 0.6 is 0 Å². The Morgan fingerprint density at radius 3 is 2.75 bits per heavy atom. The number of nitrogens with zero attached hydrogens (tertiary/aromatic N) is 3. The number of urea groups is 1. The number of halogens is 2. The molecule has 4 N–H and O–H groups in total. The van der Waals surface area contributed by atoms with E-state index in [1.165, 1.54) is 17.2 Å². The molecule has 4 rings (SSSR count). The number of benzene rings is 1. The van der Waals surface area contributed by atoms with E-state index in [1.807, 2.05) is 18.2 Å². The summed E-state index contributed by atoms with van der Waals surface area (Å²) in [5, 5.41) is 25.8. The van der Waals surface area contributed by atoms with Crippen LogP contribution in [0.15, 0.2) is 46.7 Å². The summed E-state index contributed by atoms with van der Waals surface area (Å²) in [4.78, 5) is 32.4. The lowest BCUT2D eigenvalue weighted by atomic mass is 9.76. The van der Waals surface area contributed by atoms with Gasteiger partial charge in [-0.25, -0.2) is 18.4 Å². The molecule has 10 nitrogen and oxygen atoms in total. The van der Waals surface area contributed by atoms with E-state index in [9.17, 15) is 28.4 Å². The third-order valence-corrected chi connectivity index (χ3v) is 7.63. The summed E-state index contributed by atoms with van der Waals surface area (Å²) in [6, 6.07) is 6.27. The van der Waals surface area contributed by atoms with Crippen molar-refractivity contribution in [3.63, 3.8) is 0 Å². The maximum Gasteiger partial charge on any atom is 0.475 e. The van der Waals surface area contributed by atoms with Gasteiger partial charge in [-0.2, -0.15) is 0 Å². The number of fused-ring (bicyclic) bond motifs is 1. The number of hydrogen-bond acceptors (Lipinski definition) is 6. The Kier molecular flexibility index (Phi) is 8.82. The number of carbonyl (C=O) groups is 2. The molecule has 2 saturated heterocycles. The summed E-state index contributed by atoms with van der Waals surface area (Å²) in [6.45, 7) is 11.2. The zero-order valence-corrected chi connectivity index (χ0v) is 22.6. The molecule has 1 aromatic carbocycles. The molecule has 0 radical (unpaired) electrons. The first-order valence-corrected chi connectivity index (χ1v) is 13.3. The summed E-state index contributed by atoms with van der Waals surface area (Å²) in [6.07, 6.45) is 4.10. The normalized spacial score (nSPS) is 20.4. The quantitative estimate of drug-likeness (QED) is 0.214. The van der Waals surface area contributed by atoms with Crippen LogP contribution in [0.4, 0.5) is 13.6 Å². The molecule has 0 spiro atoms. The van der Waals surface area contributed by atoms with Crippen LogP contribution in [0.5, 0.6) is 0 Å². The second kappa shape index (κ2) is 12.0. The fourth-order valence-electron chi connectivity index (χ4n) is 5.35. The second-order valence-electron chi connectivity index (χ2n) is 11.0. The molecule has 3 amide bonds. The van der Waals surface area contributed by atoms with Gasteiger partial charge in [-0.3, -0.25) is 9.69 Å². The molecule has 3 heterocycles. The monoisotopic (exact) mass is 557 g/mol. The Bertz CT molecular complexity index is 1310. The van der Waals surface area contributed by atoms with Crippen LogP contribution < -0.4 is 10.6 Å². The van der Waals surface area contributed by atoms with Crippen molar-refractivity contribution in [2.45, 2.75) is 63.0 Å². The molecule has 1 aromatic heterocycles. The third-order valence-electron chi connectivity index (χ3n) is 7.63. The number of alkyl halides is 2. The molecular formula is C27H34BF2N5O5. The average molecular weight is 557 g/mol. The Labute approximate surface area is 231 Å². The van der Waals surface area contributed by atoms with Crippen molar-refractivity contribution < 1.29 is 32.8 Å². The molecule has 2 aliphatic rings. The van der Waals surface area contributed by atoms with Gasteiger partial charge in [0.05, 0.1) is 25.3 Å². The van der Waals surface area contributed by atoms with Crippen molar-refractivity contribution in [1.82, 2.24) is 20.4 Å². The van der Waals surface area contributed by atoms with Gasteiger partial charge in [-0.1, -0.05) is 24.3 Å². The molecule has 2 aromatic rings. The van der Waals surface area contributed by atoms with Crippen LogP contribution in [0.25, 0.3) is 15.8 Å². The number of carbonyl (C=O) groups excluding carboxylic acids is 2. The fraction of sp³-hybridized carbons (Fsp3) is 0.519. The van der Waals surface area contributed by atoms with Gasteiger partial charge in [0.15, 0.2) is 0 Å². The zero-order valence-electron chi connectivity index (χ0n) is 22.6. The van der Waals surface area contributed by atoms with E-state index in [4.69, 9.17) is 11.0 Å². The largest absolute Gasteiger partial charge is 0.475 e. The number of rotatable bonds is 9. The van der Waals surface area contributed by atoms with Gasteiger partial charge in [-0.05, 0) is 44.7 Å². The molecule has 2 fully saturated rings. The van der Waals surface area contributed by atoms with Gasteiger partial charge in [0.25, 0.3) is 11.8 Å². The van der Waals surface area contributed by atoms with Gasteiger partial charge in [0.2, 0.25) is 5.70 Å². The van der Waals surface area contributed by atoms with E-state index in [0.717, 1.165) is 5.39 Å². The summed E-state index contributed by atoms with van der Waals surface area (Å²) in [5.74, 6) is -4.31. The highest BCUT2D eigenvalue weighted by atomic mass is 19.3. The van der Waals surface area contributed by atoms with Crippen molar-refractivity contribution >= 4 is 30.0 Å². The highest BCUT2D eigenvalue weighted by molar-refractivity contribution is 6.43. The Morgan fingerprint density at radius 2 is 2.08 bits per heavy atom. The maximum atomic E-state index is 13.8. The number of furan rings is 1. The molecule has 40 heavy (non-hydrogen) atoms. The van der Waals surface area contributed by atoms with Crippen molar-refractivity contribution in [2.24, 2.45) is 0 Å². The number of amides is 3. The molecule has 2 aliphatic heterocycles. The maximum absolute atomic E-state index is 13.8. The Morgan fingerprint density at radius 1 is 1.32 bits per heavy atom. The summed E-state index contributed by atoms with van der Waals surface area (Å²) in [7, 11) is -1.82. The van der Waals surface area contributed by atoms with E-state index in [-0.39, 0.29) is 37.7 Å².